The summed E-state index contributed by atoms with van der Waals surface area (Å²) in [5, 5.41) is 3.17. The molecule has 4 aromatic carbocycles. The molecule has 20 rings (SSSR count). The molecule has 117 heavy (non-hydrogen) atoms. The predicted octanol–water partition coefficient (Wildman–Crippen LogP) is 15.7. The number of hydrogen-bond acceptors (Lipinski definition) is 12. The van der Waals surface area contributed by atoms with Crippen molar-refractivity contribution in [2.45, 2.75) is 61.9 Å². The van der Waals surface area contributed by atoms with Gasteiger partial charge in [-0.1, -0.05) is 157 Å². The summed E-state index contributed by atoms with van der Waals surface area (Å²) < 4.78 is 173. The second kappa shape index (κ2) is 31.1. The van der Waals surface area contributed by atoms with Crippen LogP contribution in [-0.2, 0) is 28.2 Å². The van der Waals surface area contributed by atoms with Crippen LogP contribution >= 0.6 is 0 Å². The zero-order chi connectivity index (χ0) is 96.4. The first-order valence-electron chi connectivity index (χ1n) is 47.5. The van der Waals surface area contributed by atoms with E-state index < -0.39 is 41.1 Å². The van der Waals surface area contributed by atoms with E-state index in [0.717, 1.165) is 94.2 Å². The van der Waals surface area contributed by atoms with Crippen molar-refractivity contribution in [3.63, 3.8) is 0 Å². The molecule has 20 heteroatoms. The van der Waals surface area contributed by atoms with Crippen molar-refractivity contribution >= 4 is 142 Å². The maximum absolute atomic E-state index is 8.09. The molecule has 0 radical (unpaired) electrons. The number of aromatic nitrogens is 8. The van der Waals surface area contributed by atoms with Crippen LogP contribution in [0.2, 0.25) is 0 Å². The number of furan rings is 4. The molecule has 0 aliphatic carbocycles. The van der Waals surface area contributed by atoms with E-state index in [1.165, 1.54) is 28.3 Å². The fraction of sp³-hybridized carbons (Fsp3) is 0.175. The lowest BCUT2D eigenvalue weighted by molar-refractivity contribution is -0.654. The number of anilines is 4. The summed E-state index contributed by atoms with van der Waals surface area (Å²) in [5.41, 5.74) is 20.0. The largest absolute Gasteiger partial charge is 0.436 e. The molecule has 16 aromatic rings. The van der Waals surface area contributed by atoms with E-state index in [1.54, 1.807) is 42.7 Å². The van der Waals surface area contributed by atoms with Gasteiger partial charge in [0.15, 0.2) is 70.4 Å². The first-order valence-corrected chi connectivity index (χ1v) is 38.5. The van der Waals surface area contributed by atoms with Gasteiger partial charge in [0.1, 0.15) is 28.2 Å². The van der Waals surface area contributed by atoms with Crippen LogP contribution in [0, 0.1) is 61.9 Å². The van der Waals surface area contributed by atoms with Gasteiger partial charge in [0, 0.05) is 106 Å². The van der Waals surface area contributed by atoms with Crippen LogP contribution in [0.25, 0.3) is 113 Å². The molecule has 0 atom stereocenters. The highest BCUT2D eigenvalue weighted by Gasteiger charge is 2.41. The Kier molecular flexibility index (Phi) is 15.3. The first kappa shape index (κ1) is 57.6. The van der Waals surface area contributed by atoms with Gasteiger partial charge in [-0.2, -0.15) is 0 Å². The van der Waals surface area contributed by atoms with Gasteiger partial charge in [0.25, 0.3) is 0 Å². The van der Waals surface area contributed by atoms with Crippen molar-refractivity contribution in [3.05, 3.63) is 310 Å². The van der Waals surface area contributed by atoms with Crippen molar-refractivity contribution in [2.24, 2.45) is 28.2 Å². The van der Waals surface area contributed by atoms with Gasteiger partial charge in [-0.05, 0) is 194 Å². The minimum absolute atomic E-state index is 0.000867. The molecule has 4 aliphatic rings. The number of benzene rings is 4. The Morgan fingerprint density at radius 3 is 1.15 bits per heavy atom. The van der Waals surface area contributed by atoms with Crippen LogP contribution in [0.3, 0.4) is 0 Å². The maximum Gasteiger partial charge on any atom is 0.398 e. The Labute approximate surface area is 711 Å². The lowest BCUT2D eigenvalue weighted by Gasteiger charge is -2.26. The smallest absolute Gasteiger partial charge is 0.398 e. The molecule has 0 saturated heterocycles. The molecule has 0 spiro atoms. The number of aryl methyl sites for hydroxylation is 13. The molecule has 16 nitrogen and oxygen atoms in total. The molecule has 0 bridgehead atoms. The third-order valence-electron chi connectivity index (χ3n) is 22.5. The highest BCUT2D eigenvalue weighted by molar-refractivity contribution is 6.82. The van der Waals surface area contributed by atoms with E-state index >= 15 is 0 Å². The standard InChI is InChI=1S/2C25H25BN3O.C24H23BN3O.C23H21BN3O/c1-16-14-22(28(4)15-21(16)19-9-7-6-8-10-19)26-12-11-20-23-17(2)13-18(3)27-24(23)30-25(20)29(26)5;1-16-13-18(3)27-24-23(16)20-11-12-26(29(5)25(20)30-24)22-14-21(17(2)15-28(22)4)19-9-7-6-8-10-19;1-16-15-27(3)22(14-20(16)18-8-6-5-7-9-18)25-13-12-21-23(28(25)4)19-11-10-17(2)26-24(19)29-21;1-16-9-10-19-22-20(28-23(19)25-16)11-13-24(27(22)3)21-15-18(12-14-26(21)2)17-7-5-4-6-8-17/h2*6-15H,1-5H3;5-15H,1-4H3;4-15H,1-3H3/q4*+1/i3D3;2D3,3D3;1D3,2D3;1D3. The van der Waals surface area contributed by atoms with Gasteiger partial charge in [-0.25, -0.2) is 38.2 Å². The Morgan fingerprint density at radius 2 is 0.709 bits per heavy atom. The SMILES string of the molecule is [2H]C([2H])([2H])c1cc(C)c2c3c(oc2n1)N(C)B(c1cc(-c2ccccc2)c(C([2H])([2H])[2H])c[n+]1C)C=C3.[2H]C([2H])([2H])c1cc(C)c2c3c(oc2n1)N(C)B(c1cc(C)c(-c2ccccc2)c[n+]1C)C=C3.[2H]C([2H])([2H])c1ccc2c3c(oc2n1)C=CB(c1cc(-c2ccccc2)c(C([2H])([2H])[2H])c[n+]1C)N3C.[2H]C([2H])([2H])c1ccc2c3c(oc2n1)C=CB(c1cc(-c2ccccc2)cc[n+]1C)N3C. The van der Waals surface area contributed by atoms with E-state index in [4.69, 9.17) is 42.3 Å². The molecule has 12 aromatic heterocycles. The van der Waals surface area contributed by atoms with Crippen molar-refractivity contribution < 1.29 is 60.6 Å². The summed E-state index contributed by atoms with van der Waals surface area (Å²) in [5.74, 6) is 10.8. The van der Waals surface area contributed by atoms with Gasteiger partial charge in [-0.15, -0.1) is 0 Å². The summed E-state index contributed by atoms with van der Waals surface area (Å²) in [6, 6.07) is 59.9. The number of nitrogens with zero attached hydrogens (tertiary/aromatic N) is 12. The number of fused-ring (bicyclic) bond motifs is 12. The second-order valence-electron chi connectivity index (χ2n) is 30.1. The van der Waals surface area contributed by atoms with Crippen molar-refractivity contribution in [1.29, 1.82) is 0 Å². The van der Waals surface area contributed by atoms with E-state index in [2.05, 4.69) is 138 Å². The van der Waals surface area contributed by atoms with Crippen LogP contribution in [0.1, 0.15) is 97.9 Å². The molecule has 16 heterocycles. The van der Waals surface area contributed by atoms with Crippen LogP contribution in [0.15, 0.2) is 254 Å². The molecule has 0 fully saturated rings. The minimum Gasteiger partial charge on any atom is -0.436 e. The zero-order valence-electron chi connectivity index (χ0n) is 84.6. The Morgan fingerprint density at radius 1 is 0.325 bits per heavy atom. The molecule has 4 aliphatic heterocycles. The monoisotopic (exact) mass is 1550 g/mol. The van der Waals surface area contributed by atoms with Crippen molar-refractivity contribution in [3.8, 4) is 44.5 Å². The quantitative estimate of drug-likeness (QED) is 0.106. The van der Waals surface area contributed by atoms with Crippen LogP contribution in [0.5, 0.6) is 0 Å². The lowest BCUT2D eigenvalue weighted by Crippen LogP contribution is -2.60. The third kappa shape index (κ3) is 14.3. The summed E-state index contributed by atoms with van der Waals surface area (Å²) in [7, 11) is 15.6. The average molecular weight is 1550 g/mol. The number of hydrogen-bond donors (Lipinski definition) is 0. The Balaban J connectivity index is 0.000000125. The fourth-order valence-electron chi connectivity index (χ4n) is 16.6. The van der Waals surface area contributed by atoms with Gasteiger partial charge >= 0.3 is 27.4 Å². The summed E-state index contributed by atoms with van der Waals surface area (Å²) >= 11 is 0. The van der Waals surface area contributed by atoms with E-state index in [9.17, 15) is 0 Å². The lowest BCUT2D eigenvalue weighted by atomic mass is 9.55. The number of pyridine rings is 8. The van der Waals surface area contributed by atoms with E-state index in [1.807, 2.05) is 209 Å². The highest BCUT2D eigenvalue weighted by atomic mass is 16.4. The van der Waals surface area contributed by atoms with E-state index in [0.29, 0.717) is 45.8 Å². The van der Waals surface area contributed by atoms with Gasteiger partial charge in [-0.3, -0.25) is 0 Å². The molecule has 0 saturated carbocycles. The van der Waals surface area contributed by atoms with Gasteiger partial charge in [0.05, 0.1) is 32.9 Å². The van der Waals surface area contributed by atoms with Gasteiger partial charge in [0.2, 0.25) is 22.9 Å². The Hall–Kier alpha value is -13.3. The molecular weight excluding hydrogens is 1440 g/mol. The average Bonchev–Trinajstić information content (AvgIpc) is 1.60. The van der Waals surface area contributed by atoms with Crippen molar-refractivity contribution in [2.75, 3.05) is 47.4 Å². The highest BCUT2D eigenvalue weighted by Crippen LogP contribution is 2.42. The predicted molar refractivity (Wildman–Crippen MR) is 482 cm³/mol. The second-order valence-corrected chi connectivity index (χ2v) is 30.1. The summed E-state index contributed by atoms with van der Waals surface area (Å²) in [4.78, 5) is 25.4. The minimum atomic E-state index is -2.33. The summed E-state index contributed by atoms with van der Waals surface area (Å²) in [6.07, 6.45) is 15.4. The topological polar surface area (TPSA) is 133 Å². The van der Waals surface area contributed by atoms with Crippen LogP contribution < -0.4 is 59.9 Å². The maximum atomic E-state index is 8.09. The third-order valence-corrected chi connectivity index (χ3v) is 22.5. The molecule has 0 N–H and O–H groups in total. The van der Waals surface area contributed by atoms with Gasteiger partial charge < -0.3 is 36.9 Å². The van der Waals surface area contributed by atoms with Crippen molar-refractivity contribution in [1.82, 2.24) is 19.9 Å². The molecule has 0 unspecified atom stereocenters. The Bertz CT molecular complexity index is 7440. The first-order chi connectivity index (χ1) is 63.8. The van der Waals surface area contributed by atoms with Crippen LogP contribution in [0.4, 0.5) is 23.1 Å². The zero-order valence-corrected chi connectivity index (χ0v) is 66.6. The molecule has 574 valence electrons. The summed E-state index contributed by atoms with van der Waals surface area (Å²) in [6.45, 7) is -8.36. The molecular formula is C97H94B4N12O4+4. The molecule has 0 amide bonds. The fourth-order valence-corrected chi connectivity index (χ4v) is 16.6. The normalized spacial score (nSPS) is 16.2. The van der Waals surface area contributed by atoms with E-state index in [-0.39, 0.29) is 72.7 Å². The number of rotatable bonds is 8. The van der Waals surface area contributed by atoms with Crippen LogP contribution in [-0.4, -0.2) is 75.5 Å².